The van der Waals surface area contributed by atoms with E-state index in [1.807, 2.05) is 0 Å². The molecule has 2 rings (SSSR count). The summed E-state index contributed by atoms with van der Waals surface area (Å²) < 4.78 is 13.6. The zero-order chi connectivity index (χ0) is 10.3. The number of thiophene rings is 1. The summed E-state index contributed by atoms with van der Waals surface area (Å²) in [5.74, 6) is -0.366. The Hall–Kier alpha value is -1.14. The van der Waals surface area contributed by atoms with Gasteiger partial charge < -0.3 is 0 Å². The van der Waals surface area contributed by atoms with E-state index in [2.05, 4.69) is 12.6 Å². The summed E-state index contributed by atoms with van der Waals surface area (Å²) in [6.45, 7) is 0. The predicted octanol–water partition coefficient (Wildman–Crippen LogP) is 3.24. The van der Waals surface area contributed by atoms with Crippen LogP contribution in [0.15, 0.2) is 22.4 Å². The van der Waals surface area contributed by atoms with Crippen LogP contribution < -0.4 is 0 Å². The number of fused-ring (bicyclic) bond motifs is 1. The highest BCUT2D eigenvalue weighted by Gasteiger charge is 2.14. The lowest BCUT2D eigenvalue weighted by Gasteiger charge is -1.96. The summed E-state index contributed by atoms with van der Waals surface area (Å²) in [6.07, 6.45) is 0. The fourth-order valence-corrected chi connectivity index (χ4v) is 2.26. The van der Waals surface area contributed by atoms with Gasteiger partial charge in [0.2, 0.25) is 0 Å². The van der Waals surface area contributed by atoms with E-state index in [1.165, 1.54) is 17.5 Å². The first-order valence-electron chi connectivity index (χ1n) is 3.63. The van der Waals surface area contributed by atoms with Crippen molar-refractivity contribution < 1.29 is 9.31 Å². The standard InChI is InChI=1S/C8H4FNO2S2/c9-5-3-14-8-2-6(10(11)12)7(13)1-4(5)8/h1-3,13H. The van der Waals surface area contributed by atoms with Crippen LogP contribution >= 0.6 is 24.0 Å². The summed E-state index contributed by atoms with van der Waals surface area (Å²) in [5.41, 5.74) is -0.0947. The van der Waals surface area contributed by atoms with Crippen molar-refractivity contribution in [2.24, 2.45) is 0 Å². The topological polar surface area (TPSA) is 43.1 Å². The molecule has 6 heteroatoms. The molecule has 1 aromatic carbocycles. The maximum absolute atomic E-state index is 13.1. The van der Waals surface area contributed by atoms with Crippen molar-refractivity contribution in [1.29, 1.82) is 0 Å². The average Bonchev–Trinajstić information content (AvgIpc) is 2.46. The number of hydrogen-bond donors (Lipinski definition) is 1. The number of hydrogen-bond acceptors (Lipinski definition) is 4. The highest BCUT2D eigenvalue weighted by molar-refractivity contribution is 7.80. The van der Waals surface area contributed by atoms with Gasteiger partial charge >= 0.3 is 0 Å². The fraction of sp³-hybridized carbons (Fsp3) is 0. The molecule has 0 N–H and O–H groups in total. The normalized spacial score (nSPS) is 10.7. The second-order valence-electron chi connectivity index (χ2n) is 2.68. The third-order valence-corrected chi connectivity index (χ3v) is 3.09. The van der Waals surface area contributed by atoms with Gasteiger partial charge in [-0.1, -0.05) is 0 Å². The number of rotatable bonds is 1. The number of benzene rings is 1. The molecule has 0 radical (unpaired) electrons. The van der Waals surface area contributed by atoms with Gasteiger partial charge in [-0.25, -0.2) is 4.39 Å². The third-order valence-electron chi connectivity index (χ3n) is 1.82. The fourth-order valence-electron chi connectivity index (χ4n) is 1.17. The van der Waals surface area contributed by atoms with E-state index < -0.39 is 4.92 Å². The number of halogens is 1. The van der Waals surface area contributed by atoms with Crippen LogP contribution in [-0.2, 0) is 0 Å². The molecule has 0 aliphatic heterocycles. The first-order chi connectivity index (χ1) is 6.59. The summed E-state index contributed by atoms with van der Waals surface area (Å²) in [7, 11) is 0. The van der Waals surface area contributed by atoms with E-state index in [1.54, 1.807) is 0 Å². The second kappa shape index (κ2) is 3.21. The Morgan fingerprint density at radius 2 is 2.21 bits per heavy atom. The van der Waals surface area contributed by atoms with Crippen LogP contribution in [-0.4, -0.2) is 4.92 Å². The Balaban J connectivity index is 2.79. The molecule has 2 aromatic rings. The van der Waals surface area contributed by atoms with E-state index in [0.29, 0.717) is 10.1 Å². The van der Waals surface area contributed by atoms with Crippen LogP contribution in [0, 0.1) is 15.9 Å². The molecule has 0 aliphatic rings. The molecule has 72 valence electrons. The van der Waals surface area contributed by atoms with E-state index in [9.17, 15) is 14.5 Å². The minimum atomic E-state index is -0.528. The Morgan fingerprint density at radius 3 is 2.86 bits per heavy atom. The SMILES string of the molecule is O=[N+]([O-])c1cc2scc(F)c2cc1S. The maximum Gasteiger partial charge on any atom is 0.284 e. The quantitative estimate of drug-likeness (QED) is 0.463. The van der Waals surface area contributed by atoms with Crippen LogP contribution in [0.3, 0.4) is 0 Å². The van der Waals surface area contributed by atoms with Crippen LogP contribution in [0.5, 0.6) is 0 Å². The Labute approximate surface area is 87.7 Å². The van der Waals surface area contributed by atoms with Crippen LogP contribution in [0.4, 0.5) is 10.1 Å². The molecular formula is C8H4FNO2S2. The maximum atomic E-state index is 13.1. The van der Waals surface area contributed by atoms with Crippen molar-refractivity contribution in [3.05, 3.63) is 33.4 Å². The minimum absolute atomic E-state index is 0.0947. The molecule has 0 atom stereocenters. The van der Waals surface area contributed by atoms with Gasteiger partial charge in [0.05, 0.1) is 9.82 Å². The van der Waals surface area contributed by atoms with Crippen molar-refractivity contribution in [2.75, 3.05) is 0 Å². The number of nitro groups is 1. The van der Waals surface area contributed by atoms with Crippen LogP contribution in [0.25, 0.3) is 10.1 Å². The molecule has 0 saturated heterocycles. The number of nitrogens with zero attached hydrogens (tertiary/aromatic N) is 1. The molecule has 0 unspecified atom stereocenters. The first-order valence-corrected chi connectivity index (χ1v) is 4.96. The van der Waals surface area contributed by atoms with Crippen molar-refractivity contribution in [2.45, 2.75) is 4.90 Å². The van der Waals surface area contributed by atoms with E-state index >= 15 is 0 Å². The van der Waals surface area contributed by atoms with Gasteiger partial charge in [-0.05, 0) is 6.07 Å². The monoisotopic (exact) mass is 229 g/mol. The van der Waals surface area contributed by atoms with Crippen molar-refractivity contribution in [3.8, 4) is 0 Å². The lowest BCUT2D eigenvalue weighted by atomic mass is 10.2. The summed E-state index contributed by atoms with van der Waals surface area (Å²) in [4.78, 5) is 10.2. The molecule has 3 nitrogen and oxygen atoms in total. The molecule has 0 amide bonds. The lowest BCUT2D eigenvalue weighted by Crippen LogP contribution is -1.88. The van der Waals surface area contributed by atoms with Crippen LogP contribution in [0.1, 0.15) is 0 Å². The Kier molecular flexibility index (Phi) is 2.16. The van der Waals surface area contributed by atoms with E-state index in [4.69, 9.17) is 0 Å². The van der Waals surface area contributed by atoms with E-state index in [0.717, 1.165) is 11.3 Å². The van der Waals surface area contributed by atoms with Gasteiger partial charge in [-0.3, -0.25) is 10.1 Å². The zero-order valence-corrected chi connectivity index (χ0v) is 8.44. The number of thiol groups is 1. The molecule has 1 aromatic heterocycles. The third kappa shape index (κ3) is 1.36. The van der Waals surface area contributed by atoms with Gasteiger partial charge in [0.25, 0.3) is 5.69 Å². The van der Waals surface area contributed by atoms with Crippen molar-refractivity contribution in [3.63, 3.8) is 0 Å². The number of nitro benzene ring substituents is 1. The van der Waals surface area contributed by atoms with Gasteiger partial charge in [0.1, 0.15) is 5.82 Å². The first kappa shape index (κ1) is 9.42. The smallest absolute Gasteiger partial charge is 0.258 e. The molecule has 0 spiro atoms. The van der Waals surface area contributed by atoms with E-state index in [-0.39, 0.29) is 16.4 Å². The Bertz CT molecular complexity index is 523. The lowest BCUT2D eigenvalue weighted by molar-refractivity contribution is -0.387. The van der Waals surface area contributed by atoms with Crippen molar-refractivity contribution >= 4 is 39.7 Å². The highest BCUT2D eigenvalue weighted by atomic mass is 32.1. The summed E-state index contributed by atoms with van der Waals surface area (Å²) >= 11 is 5.07. The highest BCUT2D eigenvalue weighted by Crippen LogP contribution is 2.33. The molecule has 14 heavy (non-hydrogen) atoms. The molecule has 0 bridgehead atoms. The largest absolute Gasteiger partial charge is 0.284 e. The molecule has 1 heterocycles. The summed E-state index contributed by atoms with van der Waals surface area (Å²) in [5, 5.41) is 12.2. The van der Waals surface area contributed by atoms with Crippen LogP contribution in [0.2, 0.25) is 0 Å². The summed E-state index contributed by atoms with van der Waals surface area (Å²) in [6, 6.07) is 2.72. The second-order valence-corrected chi connectivity index (χ2v) is 4.07. The molecule has 0 aliphatic carbocycles. The Morgan fingerprint density at radius 1 is 1.50 bits per heavy atom. The van der Waals surface area contributed by atoms with Gasteiger partial charge in [0, 0.05) is 21.5 Å². The molecule has 0 saturated carbocycles. The molecular weight excluding hydrogens is 225 g/mol. The van der Waals surface area contributed by atoms with Crippen molar-refractivity contribution in [1.82, 2.24) is 0 Å². The zero-order valence-electron chi connectivity index (χ0n) is 6.73. The van der Waals surface area contributed by atoms with Gasteiger partial charge in [-0.2, -0.15) is 0 Å². The van der Waals surface area contributed by atoms with Gasteiger partial charge in [-0.15, -0.1) is 24.0 Å². The predicted molar refractivity (Wildman–Crippen MR) is 55.7 cm³/mol. The average molecular weight is 229 g/mol. The minimum Gasteiger partial charge on any atom is -0.258 e. The molecule has 0 fully saturated rings. The van der Waals surface area contributed by atoms with Gasteiger partial charge in [0.15, 0.2) is 0 Å².